The van der Waals surface area contributed by atoms with E-state index in [1.807, 2.05) is 12.3 Å². The number of hydrogen-bond acceptors (Lipinski definition) is 5. The summed E-state index contributed by atoms with van der Waals surface area (Å²) in [5.41, 5.74) is 0. The quantitative estimate of drug-likeness (QED) is 0.681. The smallest absolute Gasteiger partial charge is 0.212 e. The summed E-state index contributed by atoms with van der Waals surface area (Å²) in [6.07, 6.45) is 5.53. The molecule has 2 N–H and O–H groups in total. The minimum Gasteiger partial charge on any atom is -0.314 e. The van der Waals surface area contributed by atoms with Gasteiger partial charge in [-0.3, -0.25) is 0 Å². The molecule has 0 spiro atoms. The van der Waals surface area contributed by atoms with Gasteiger partial charge in [-0.2, -0.15) is 0 Å². The van der Waals surface area contributed by atoms with Gasteiger partial charge >= 0.3 is 0 Å². The molecule has 1 heterocycles. The summed E-state index contributed by atoms with van der Waals surface area (Å²) < 4.78 is 26.7. The van der Waals surface area contributed by atoms with E-state index in [0.717, 1.165) is 11.6 Å². The largest absolute Gasteiger partial charge is 0.314 e. The minimum atomic E-state index is -3.22. The van der Waals surface area contributed by atoms with Gasteiger partial charge < -0.3 is 5.32 Å². The first kappa shape index (κ1) is 14.9. The molecule has 1 unspecified atom stereocenters. The number of aromatic nitrogens is 1. The van der Waals surface area contributed by atoms with Crippen molar-refractivity contribution in [3.63, 3.8) is 0 Å². The summed E-state index contributed by atoms with van der Waals surface area (Å²) in [6, 6.07) is 0.441. The van der Waals surface area contributed by atoms with Gasteiger partial charge in [-0.05, 0) is 32.2 Å². The van der Waals surface area contributed by atoms with E-state index < -0.39 is 10.0 Å². The molecule has 1 aliphatic rings. The molecular weight excluding hydrogens is 282 g/mol. The normalized spacial score (nSPS) is 17.5. The average Bonchev–Trinajstić information content (AvgIpc) is 3.04. The molecule has 1 aromatic rings. The van der Waals surface area contributed by atoms with E-state index in [1.54, 1.807) is 6.20 Å². The van der Waals surface area contributed by atoms with Gasteiger partial charge in [0.2, 0.25) is 10.0 Å². The van der Waals surface area contributed by atoms with Gasteiger partial charge in [-0.1, -0.05) is 6.92 Å². The van der Waals surface area contributed by atoms with Crippen LogP contribution in [0.2, 0.25) is 0 Å². The van der Waals surface area contributed by atoms with Crippen molar-refractivity contribution in [2.45, 2.75) is 44.7 Å². The summed E-state index contributed by atoms with van der Waals surface area (Å²) in [7, 11) is -3.22. The Labute approximate surface area is 118 Å². The van der Waals surface area contributed by atoms with Crippen molar-refractivity contribution in [1.29, 1.82) is 0 Å². The minimum absolute atomic E-state index is 0.175. The molecule has 1 aromatic heterocycles. The Bertz CT molecular complexity index is 469. The van der Waals surface area contributed by atoms with Gasteiger partial charge in [0.1, 0.15) is 5.01 Å². The first-order valence-electron chi connectivity index (χ1n) is 6.73. The van der Waals surface area contributed by atoms with E-state index in [1.165, 1.54) is 24.2 Å². The lowest BCUT2D eigenvalue weighted by molar-refractivity contribution is 0.544. The first-order chi connectivity index (χ1) is 9.11. The topological polar surface area (TPSA) is 71.1 Å². The highest BCUT2D eigenvalue weighted by Crippen LogP contribution is 2.20. The Morgan fingerprint density at radius 2 is 2.32 bits per heavy atom. The van der Waals surface area contributed by atoms with Crippen molar-refractivity contribution < 1.29 is 8.42 Å². The highest BCUT2D eigenvalue weighted by Gasteiger charge is 2.21. The lowest BCUT2D eigenvalue weighted by Gasteiger charge is -2.14. The summed E-state index contributed by atoms with van der Waals surface area (Å²) in [5, 5.41) is 6.02. The lowest BCUT2D eigenvalue weighted by Crippen LogP contribution is -2.31. The second-order valence-corrected chi connectivity index (χ2v) is 7.65. The molecule has 1 saturated carbocycles. The maximum absolute atomic E-state index is 12.0. The van der Waals surface area contributed by atoms with Gasteiger partial charge in [0.15, 0.2) is 0 Å². The van der Waals surface area contributed by atoms with Crippen LogP contribution in [0.25, 0.3) is 0 Å². The Morgan fingerprint density at radius 3 is 2.89 bits per heavy atom. The van der Waals surface area contributed by atoms with Crippen LogP contribution in [0.5, 0.6) is 0 Å². The van der Waals surface area contributed by atoms with E-state index in [4.69, 9.17) is 0 Å². The van der Waals surface area contributed by atoms with Crippen LogP contribution in [0.3, 0.4) is 0 Å². The van der Waals surface area contributed by atoms with Crippen LogP contribution in [0.4, 0.5) is 0 Å². The number of rotatable bonds is 9. The van der Waals surface area contributed by atoms with E-state index in [0.29, 0.717) is 18.9 Å². The summed E-state index contributed by atoms with van der Waals surface area (Å²) >= 11 is 1.49. The predicted octanol–water partition coefficient (Wildman–Crippen LogP) is 1.66. The fourth-order valence-corrected chi connectivity index (χ4v) is 4.05. The Morgan fingerprint density at radius 1 is 1.53 bits per heavy atom. The van der Waals surface area contributed by atoms with Gasteiger partial charge in [0.25, 0.3) is 0 Å². The molecule has 0 saturated heterocycles. The van der Waals surface area contributed by atoms with Crippen molar-refractivity contribution in [2.24, 2.45) is 0 Å². The van der Waals surface area contributed by atoms with E-state index in [-0.39, 0.29) is 11.8 Å². The van der Waals surface area contributed by atoms with E-state index in [9.17, 15) is 8.42 Å². The monoisotopic (exact) mass is 303 g/mol. The highest BCUT2D eigenvalue weighted by atomic mass is 32.2. The number of nitrogens with zero attached hydrogens (tertiary/aromatic N) is 1. The fraction of sp³-hybridized carbons (Fsp3) is 0.750. The number of hydrogen-bond donors (Lipinski definition) is 2. The number of sulfonamides is 1. The lowest BCUT2D eigenvalue weighted by atomic mass is 10.3. The van der Waals surface area contributed by atoms with Crippen molar-refractivity contribution in [3.05, 3.63) is 16.6 Å². The highest BCUT2D eigenvalue weighted by molar-refractivity contribution is 7.89. The zero-order valence-electron chi connectivity index (χ0n) is 11.1. The molecule has 0 amide bonds. The van der Waals surface area contributed by atoms with Crippen molar-refractivity contribution in [1.82, 2.24) is 15.0 Å². The third kappa shape index (κ3) is 5.18. The van der Waals surface area contributed by atoms with Crippen LogP contribution in [-0.4, -0.2) is 31.7 Å². The third-order valence-corrected chi connectivity index (χ3v) is 5.44. The maximum Gasteiger partial charge on any atom is 0.212 e. The summed E-state index contributed by atoms with van der Waals surface area (Å²) in [6.45, 7) is 2.74. The fourth-order valence-electron chi connectivity index (χ4n) is 1.85. The molecular formula is C12H21N3O2S2. The van der Waals surface area contributed by atoms with Crippen molar-refractivity contribution >= 4 is 21.4 Å². The summed E-state index contributed by atoms with van der Waals surface area (Å²) in [5.74, 6) is 0.175. The van der Waals surface area contributed by atoms with Gasteiger partial charge in [0.05, 0.1) is 11.8 Å². The van der Waals surface area contributed by atoms with E-state index >= 15 is 0 Å². The molecule has 5 nitrogen and oxygen atoms in total. The zero-order valence-corrected chi connectivity index (χ0v) is 12.8. The Hall–Kier alpha value is -0.500. The second-order valence-electron chi connectivity index (χ2n) is 4.85. The van der Waals surface area contributed by atoms with Crippen LogP contribution in [-0.2, 0) is 10.0 Å². The van der Waals surface area contributed by atoms with Crippen LogP contribution >= 0.6 is 11.3 Å². The molecule has 0 radical (unpaired) electrons. The number of nitrogens with one attached hydrogen (secondary N) is 2. The molecule has 0 bridgehead atoms. The Kier molecular flexibility index (Phi) is 5.32. The molecule has 7 heteroatoms. The first-order valence-corrected chi connectivity index (χ1v) is 9.26. The zero-order chi connectivity index (χ0) is 13.7. The number of thiazole rings is 1. The molecule has 19 heavy (non-hydrogen) atoms. The van der Waals surface area contributed by atoms with Gasteiger partial charge in [0, 0.05) is 17.6 Å². The van der Waals surface area contributed by atoms with Crippen LogP contribution < -0.4 is 10.0 Å². The molecule has 1 fully saturated rings. The average molecular weight is 303 g/mol. The van der Waals surface area contributed by atoms with Crippen LogP contribution in [0.1, 0.15) is 43.7 Å². The maximum atomic E-state index is 12.0. The molecule has 1 aliphatic carbocycles. The SMILES string of the molecule is CCC(NS(=O)(=O)CCCNC1CC1)c1nccs1. The van der Waals surface area contributed by atoms with E-state index in [2.05, 4.69) is 15.0 Å². The predicted molar refractivity (Wildman–Crippen MR) is 77.7 cm³/mol. The molecule has 2 rings (SSSR count). The molecule has 1 atom stereocenters. The Balaban J connectivity index is 1.77. The van der Waals surface area contributed by atoms with Crippen molar-refractivity contribution in [2.75, 3.05) is 12.3 Å². The summed E-state index contributed by atoms with van der Waals surface area (Å²) in [4.78, 5) is 4.18. The molecule has 0 aliphatic heterocycles. The molecule has 0 aromatic carbocycles. The van der Waals surface area contributed by atoms with Gasteiger partial charge in [-0.25, -0.2) is 18.1 Å². The standard InChI is InChI=1S/C12H21N3O2S2/c1-2-11(12-14-7-8-18-12)15-19(16,17)9-3-6-13-10-4-5-10/h7-8,10-11,13,15H,2-6,9H2,1H3. The van der Waals surface area contributed by atoms with Gasteiger partial charge in [-0.15, -0.1) is 11.3 Å². The molecule has 108 valence electrons. The van der Waals surface area contributed by atoms with Crippen molar-refractivity contribution in [3.8, 4) is 0 Å². The second kappa shape index (κ2) is 6.78. The van der Waals surface area contributed by atoms with Crippen LogP contribution in [0, 0.1) is 0 Å². The van der Waals surface area contributed by atoms with Crippen LogP contribution in [0.15, 0.2) is 11.6 Å². The third-order valence-electron chi connectivity index (χ3n) is 3.08.